The van der Waals surface area contributed by atoms with Crippen molar-refractivity contribution in [2.24, 2.45) is 0 Å². The first-order chi connectivity index (χ1) is 10.6. The number of hydrogen-bond donors (Lipinski definition) is 2. The molecule has 6 nitrogen and oxygen atoms in total. The number of hydrogen-bond acceptors (Lipinski definition) is 3. The molecular formula is C15H14ClN3O3. The third kappa shape index (κ3) is 2.69. The number of aromatic nitrogens is 2. The highest BCUT2D eigenvalue weighted by atomic mass is 35.5. The van der Waals surface area contributed by atoms with E-state index >= 15 is 0 Å². The van der Waals surface area contributed by atoms with E-state index in [9.17, 15) is 9.59 Å². The maximum Gasteiger partial charge on any atom is 0.337 e. The van der Waals surface area contributed by atoms with Gasteiger partial charge in [0.15, 0.2) is 0 Å². The third-order valence-corrected chi connectivity index (χ3v) is 4.00. The van der Waals surface area contributed by atoms with Crippen LogP contribution in [-0.4, -0.2) is 26.8 Å². The summed E-state index contributed by atoms with van der Waals surface area (Å²) in [7, 11) is 0. The number of amides is 1. The van der Waals surface area contributed by atoms with E-state index in [1.54, 1.807) is 6.20 Å². The van der Waals surface area contributed by atoms with E-state index in [0.717, 1.165) is 31.5 Å². The first-order valence-electron chi connectivity index (χ1n) is 6.95. The van der Waals surface area contributed by atoms with E-state index in [-0.39, 0.29) is 16.5 Å². The predicted octanol–water partition coefficient (Wildman–Crippen LogP) is 2.82. The van der Waals surface area contributed by atoms with Crippen molar-refractivity contribution in [1.29, 1.82) is 0 Å². The van der Waals surface area contributed by atoms with Crippen LogP contribution in [0.4, 0.5) is 5.69 Å². The fourth-order valence-electron chi connectivity index (χ4n) is 2.58. The molecule has 1 amide bonds. The Balaban J connectivity index is 1.81. The highest BCUT2D eigenvalue weighted by Crippen LogP contribution is 2.23. The number of carboxylic acid groups (broad SMARTS) is 1. The lowest BCUT2D eigenvalue weighted by Gasteiger charge is -2.14. The van der Waals surface area contributed by atoms with Crippen molar-refractivity contribution in [3.8, 4) is 0 Å². The number of nitrogens with one attached hydrogen (secondary N) is 1. The highest BCUT2D eigenvalue weighted by molar-refractivity contribution is 6.33. The Morgan fingerprint density at radius 3 is 2.82 bits per heavy atom. The van der Waals surface area contributed by atoms with Gasteiger partial charge >= 0.3 is 5.97 Å². The zero-order chi connectivity index (χ0) is 15.7. The minimum absolute atomic E-state index is 0.00239. The predicted molar refractivity (Wildman–Crippen MR) is 81.5 cm³/mol. The SMILES string of the molecule is O=C(O)c1ccc(NC(=O)c2cnn3c2CCCC3)cc1Cl. The number of aryl methyl sites for hydroxylation is 1. The molecule has 0 unspecified atom stereocenters. The zero-order valence-corrected chi connectivity index (χ0v) is 12.4. The van der Waals surface area contributed by atoms with Gasteiger partial charge in [0.25, 0.3) is 5.91 Å². The Morgan fingerprint density at radius 2 is 2.09 bits per heavy atom. The number of benzene rings is 1. The number of halogens is 1. The summed E-state index contributed by atoms with van der Waals surface area (Å²) >= 11 is 5.90. The second kappa shape index (κ2) is 5.81. The average molecular weight is 320 g/mol. The Labute approximate surface area is 131 Å². The minimum Gasteiger partial charge on any atom is -0.478 e. The minimum atomic E-state index is -1.10. The lowest BCUT2D eigenvalue weighted by Crippen LogP contribution is -2.17. The first-order valence-corrected chi connectivity index (χ1v) is 7.33. The molecule has 2 heterocycles. The number of nitrogens with zero attached hydrogens (tertiary/aromatic N) is 2. The molecule has 2 aromatic rings. The van der Waals surface area contributed by atoms with Gasteiger partial charge in [0.1, 0.15) is 0 Å². The van der Waals surface area contributed by atoms with Gasteiger partial charge in [-0.3, -0.25) is 9.48 Å². The summed E-state index contributed by atoms with van der Waals surface area (Å²) in [5.74, 6) is -1.36. The van der Waals surface area contributed by atoms with Crippen LogP contribution in [0.25, 0.3) is 0 Å². The van der Waals surface area contributed by atoms with E-state index in [0.29, 0.717) is 11.3 Å². The fourth-order valence-corrected chi connectivity index (χ4v) is 2.84. The summed E-state index contributed by atoms with van der Waals surface area (Å²) in [4.78, 5) is 23.3. The van der Waals surface area contributed by atoms with Crippen LogP contribution >= 0.6 is 11.6 Å². The summed E-state index contributed by atoms with van der Waals surface area (Å²) in [6.45, 7) is 0.835. The third-order valence-electron chi connectivity index (χ3n) is 3.68. The van der Waals surface area contributed by atoms with Gasteiger partial charge in [-0.1, -0.05) is 11.6 Å². The molecular weight excluding hydrogens is 306 g/mol. The van der Waals surface area contributed by atoms with Crippen molar-refractivity contribution in [3.05, 3.63) is 46.2 Å². The van der Waals surface area contributed by atoms with Gasteiger partial charge in [0, 0.05) is 12.2 Å². The van der Waals surface area contributed by atoms with E-state index in [1.165, 1.54) is 18.2 Å². The van der Waals surface area contributed by atoms with Gasteiger partial charge in [-0.15, -0.1) is 0 Å². The molecule has 0 fully saturated rings. The smallest absolute Gasteiger partial charge is 0.337 e. The molecule has 22 heavy (non-hydrogen) atoms. The van der Waals surface area contributed by atoms with E-state index in [4.69, 9.17) is 16.7 Å². The maximum atomic E-state index is 12.4. The van der Waals surface area contributed by atoms with Gasteiger partial charge in [0.05, 0.1) is 28.0 Å². The fraction of sp³-hybridized carbons (Fsp3) is 0.267. The number of carbonyl (C=O) groups is 2. The van der Waals surface area contributed by atoms with Crippen LogP contribution < -0.4 is 5.32 Å². The van der Waals surface area contributed by atoms with E-state index in [2.05, 4.69) is 10.4 Å². The number of aromatic carboxylic acids is 1. The molecule has 7 heteroatoms. The van der Waals surface area contributed by atoms with Crippen molar-refractivity contribution in [2.45, 2.75) is 25.8 Å². The van der Waals surface area contributed by atoms with E-state index in [1.807, 2.05) is 4.68 Å². The second-order valence-corrected chi connectivity index (χ2v) is 5.55. The second-order valence-electron chi connectivity index (χ2n) is 5.14. The lowest BCUT2D eigenvalue weighted by molar-refractivity contribution is 0.0697. The monoisotopic (exact) mass is 319 g/mol. The molecule has 2 N–H and O–H groups in total. The standard InChI is InChI=1S/C15H14ClN3O3/c16-12-7-9(4-5-10(12)15(21)22)18-14(20)11-8-17-19-6-2-1-3-13(11)19/h4-5,7-8H,1-3,6H2,(H,18,20)(H,21,22). The number of carboxylic acids is 1. The molecule has 0 radical (unpaired) electrons. The number of anilines is 1. The van der Waals surface area contributed by atoms with Crippen LogP contribution in [0.2, 0.25) is 5.02 Å². The lowest BCUT2D eigenvalue weighted by atomic mass is 10.1. The molecule has 1 aliphatic rings. The Morgan fingerprint density at radius 1 is 1.27 bits per heavy atom. The number of rotatable bonds is 3. The van der Waals surface area contributed by atoms with Crippen LogP contribution in [0.5, 0.6) is 0 Å². The Bertz CT molecular complexity index is 754. The van der Waals surface area contributed by atoms with Crippen LogP contribution in [-0.2, 0) is 13.0 Å². The molecule has 0 atom stereocenters. The molecule has 1 aliphatic heterocycles. The molecule has 0 bridgehead atoms. The molecule has 0 spiro atoms. The maximum absolute atomic E-state index is 12.4. The quantitative estimate of drug-likeness (QED) is 0.911. The molecule has 1 aromatic heterocycles. The molecule has 1 aromatic carbocycles. The van der Waals surface area contributed by atoms with Gasteiger partial charge in [0.2, 0.25) is 0 Å². The summed E-state index contributed by atoms with van der Waals surface area (Å²) < 4.78 is 1.86. The van der Waals surface area contributed by atoms with Crippen LogP contribution in [0.15, 0.2) is 24.4 Å². The molecule has 0 saturated carbocycles. The van der Waals surface area contributed by atoms with Crippen LogP contribution in [0, 0.1) is 0 Å². The van der Waals surface area contributed by atoms with Crippen molar-refractivity contribution < 1.29 is 14.7 Å². The summed E-state index contributed by atoms with van der Waals surface area (Å²) in [6.07, 6.45) is 4.53. The normalized spacial score (nSPS) is 13.5. The topological polar surface area (TPSA) is 84.2 Å². The van der Waals surface area contributed by atoms with Crippen LogP contribution in [0.3, 0.4) is 0 Å². The summed E-state index contributed by atoms with van der Waals surface area (Å²) in [5, 5.41) is 16.0. The number of fused-ring (bicyclic) bond motifs is 1. The van der Waals surface area contributed by atoms with Crippen molar-refractivity contribution in [3.63, 3.8) is 0 Å². The molecule has 0 aliphatic carbocycles. The molecule has 114 valence electrons. The largest absolute Gasteiger partial charge is 0.478 e. The van der Waals surface area contributed by atoms with Crippen molar-refractivity contribution >= 4 is 29.2 Å². The first kappa shape index (κ1) is 14.6. The average Bonchev–Trinajstić information content (AvgIpc) is 2.91. The Kier molecular flexibility index (Phi) is 3.85. The summed E-state index contributed by atoms with van der Waals surface area (Å²) in [5.41, 5.74) is 1.95. The Hall–Kier alpha value is -2.34. The van der Waals surface area contributed by atoms with Crippen molar-refractivity contribution in [1.82, 2.24) is 9.78 Å². The van der Waals surface area contributed by atoms with Gasteiger partial charge in [-0.05, 0) is 37.5 Å². The van der Waals surface area contributed by atoms with Crippen molar-refractivity contribution in [2.75, 3.05) is 5.32 Å². The summed E-state index contributed by atoms with van der Waals surface area (Å²) in [6, 6.07) is 4.32. The van der Waals surface area contributed by atoms with Gasteiger partial charge in [-0.2, -0.15) is 5.10 Å². The zero-order valence-electron chi connectivity index (χ0n) is 11.7. The van der Waals surface area contributed by atoms with Crippen LogP contribution in [0.1, 0.15) is 39.3 Å². The van der Waals surface area contributed by atoms with Gasteiger partial charge < -0.3 is 10.4 Å². The molecule has 0 saturated heterocycles. The number of carbonyl (C=O) groups excluding carboxylic acids is 1. The highest BCUT2D eigenvalue weighted by Gasteiger charge is 2.20. The molecule has 3 rings (SSSR count). The van der Waals surface area contributed by atoms with Gasteiger partial charge in [-0.25, -0.2) is 4.79 Å². The van der Waals surface area contributed by atoms with E-state index < -0.39 is 5.97 Å².